The van der Waals surface area contributed by atoms with Gasteiger partial charge in [0, 0.05) is 12.1 Å². The molecule has 6 heteroatoms. The highest BCUT2D eigenvalue weighted by Crippen LogP contribution is 2.31. The van der Waals surface area contributed by atoms with E-state index in [1.807, 2.05) is 24.3 Å². The summed E-state index contributed by atoms with van der Waals surface area (Å²) in [6, 6.07) is 12.3. The average Bonchev–Trinajstić information content (AvgIpc) is 3.05. The fourth-order valence-corrected chi connectivity index (χ4v) is 3.86. The van der Waals surface area contributed by atoms with Gasteiger partial charge in [0.05, 0.1) is 0 Å². The van der Waals surface area contributed by atoms with Crippen molar-refractivity contribution in [3.63, 3.8) is 0 Å². The second-order valence-electron chi connectivity index (χ2n) is 6.88. The van der Waals surface area contributed by atoms with E-state index in [9.17, 15) is 0 Å². The van der Waals surface area contributed by atoms with Crippen LogP contribution in [0, 0.1) is 6.92 Å². The highest BCUT2D eigenvalue weighted by molar-refractivity contribution is 6.49. The second-order valence-corrected chi connectivity index (χ2v) is 9.21. The summed E-state index contributed by atoms with van der Waals surface area (Å²) in [5, 5.41) is 9.36. The number of rotatable bonds is 7. The smallest absolute Gasteiger partial charge is 0.540 e. The van der Waals surface area contributed by atoms with Crippen LogP contribution in [0.2, 0.25) is 11.6 Å². The molecule has 0 fully saturated rings. The minimum absolute atomic E-state index is 0.874. The zero-order valence-electron chi connectivity index (χ0n) is 16.4. The maximum Gasteiger partial charge on any atom is 0.540 e. The van der Waals surface area contributed by atoms with Crippen LogP contribution in [0.25, 0.3) is 16.7 Å². The van der Waals surface area contributed by atoms with Crippen molar-refractivity contribution in [2.24, 2.45) is 0 Å². The van der Waals surface area contributed by atoms with Crippen LogP contribution in [0.3, 0.4) is 0 Å². The predicted octanol–water partition coefficient (Wildman–Crippen LogP) is 4.20. The molecule has 3 rings (SSSR count). The number of fused-ring (bicyclic) bond motifs is 1. The molecule has 0 atom stereocenters. The summed E-state index contributed by atoms with van der Waals surface area (Å²) in [6.45, 7) is 9.41. The number of hydrogen-bond donors (Lipinski definition) is 0. The molecule has 1 heterocycles. The molecule has 0 bridgehead atoms. The average molecular weight is 366 g/mol. The van der Waals surface area contributed by atoms with Gasteiger partial charge in [0.25, 0.3) is 0 Å². The topological polar surface area (TPSA) is 43.2 Å². The second kappa shape index (κ2) is 8.22. The minimum atomic E-state index is -1.28. The summed E-state index contributed by atoms with van der Waals surface area (Å²) >= 11 is -1.28. The van der Waals surface area contributed by atoms with Gasteiger partial charge in [-0.25, -0.2) is 0 Å². The summed E-state index contributed by atoms with van der Waals surface area (Å²) < 4.78 is 6.38. The molecule has 0 saturated carbocycles. The van der Waals surface area contributed by atoms with Crippen LogP contribution in [0.5, 0.6) is 5.75 Å². The minimum Gasteiger partial charge on any atom is -0.641 e. The molecule has 0 unspecified atom stereocenters. The van der Waals surface area contributed by atoms with Gasteiger partial charge in [-0.3, -0.25) is 4.90 Å². The molecule has 26 heavy (non-hydrogen) atoms. The molecule has 136 valence electrons. The lowest BCUT2D eigenvalue weighted by atomic mass is 10.1. The number of nitrogens with zero attached hydrogens (tertiary/aromatic N) is 4. The van der Waals surface area contributed by atoms with Crippen LogP contribution in [-0.2, 0) is 6.54 Å². The highest BCUT2D eigenvalue weighted by atomic mass is 27.2. The Morgan fingerprint density at radius 1 is 1.04 bits per heavy atom. The zero-order chi connectivity index (χ0) is 18.7. The lowest BCUT2D eigenvalue weighted by molar-refractivity contribution is 0.293. The largest absolute Gasteiger partial charge is 0.641 e. The number of aryl methyl sites for hydroxylation is 1. The first-order valence-corrected chi connectivity index (χ1v) is 12.1. The third-order valence-corrected chi connectivity index (χ3v) is 5.14. The Balaban J connectivity index is 2.14. The third-order valence-electron chi connectivity index (χ3n) is 4.43. The van der Waals surface area contributed by atoms with Crippen molar-refractivity contribution in [1.82, 2.24) is 19.9 Å². The molecule has 2 aromatic carbocycles. The molecular formula is C20H27AlN4O. The quantitative estimate of drug-likeness (QED) is 0.588. The van der Waals surface area contributed by atoms with Gasteiger partial charge < -0.3 is 3.79 Å². The molecule has 0 saturated heterocycles. The molecule has 0 aliphatic heterocycles. The van der Waals surface area contributed by atoms with Gasteiger partial charge in [0.15, 0.2) is 0 Å². The molecule has 5 nitrogen and oxygen atoms in total. The van der Waals surface area contributed by atoms with E-state index < -0.39 is 14.5 Å². The summed E-state index contributed by atoms with van der Waals surface area (Å²) in [6.07, 6.45) is 0. The molecule has 0 aliphatic carbocycles. The lowest BCUT2D eigenvalue weighted by Crippen LogP contribution is -2.24. The Labute approximate surface area is 160 Å². The monoisotopic (exact) mass is 366 g/mol. The van der Waals surface area contributed by atoms with Crippen LogP contribution in [0.1, 0.15) is 25.0 Å². The van der Waals surface area contributed by atoms with Crippen LogP contribution in [0.15, 0.2) is 36.4 Å². The molecule has 0 spiro atoms. The van der Waals surface area contributed by atoms with E-state index in [0.29, 0.717) is 0 Å². The molecule has 0 N–H and O–H groups in total. The zero-order valence-corrected chi connectivity index (χ0v) is 17.5. The fourth-order valence-electron chi connectivity index (χ4n) is 3.12. The van der Waals surface area contributed by atoms with Crippen LogP contribution in [-0.4, -0.2) is 47.5 Å². The Morgan fingerprint density at radius 3 is 2.19 bits per heavy atom. The number of hydrogen-bond acceptors (Lipinski definition) is 4. The Kier molecular flexibility index (Phi) is 5.98. The number of aromatic nitrogens is 3. The predicted molar refractivity (Wildman–Crippen MR) is 108 cm³/mol. The molecule has 1 aromatic heterocycles. The van der Waals surface area contributed by atoms with E-state index in [1.165, 1.54) is 11.1 Å². The first-order chi connectivity index (χ1) is 12.5. The first-order valence-electron chi connectivity index (χ1n) is 9.36. The van der Waals surface area contributed by atoms with Gasteiger partial charge >= 0.3 is 14.5 Å². The third kappa shape index (κ3) is 4.09. The van der Waals surface area contributed by atoms with Crippen LogP contribution >= 0.6 is 0 Å². The van der Waals surface area contributed by atoms with E-state index in [0.717, 1.165) is 42.1 Å². The highest BCUT2D eigenvalue weighted by Gasteiger charge is 2.19. The van der Waals surface area contributed by atoms with Gasteiger partial charge in [-0.05, 0) is 43.8 Å². The SMILES string of the molecule is CCN(CC)Cc1cc(C)cc(-n2nc3ccccc3n2)c1[O][Al]([CH3])[CH3]. The number of benzene rings is 2. The fraction of sp³-hybridized carbons (Fsp3) is 0.400. The Bertz CT molecular complexity index is 854. The molecule has 0 amide bonds. The van der Waals surface area contributed by atoms with E-state index in [1.54, 1.807) is 4.80 Å². The Hall–Kier alpha value is -1.87. The molecular weight excluding hydrogens is 339 g/mol. The van der Waals surface area contributed by atoms with Crippen molar-refractivity contribution in [3.05, 3.63) is 47.5 Å². The van der Waals surface area contributed by atoms with E-state index in [2.05, 4.69) is 59.6 Å². The van der Waals surface area contributed by atoms with Crippen molar-refractivity contribution in [1.29, 1.82) is 0 Å². The normalized spacial score (nSPS) is 11.3. The van der Waals surface area contributed by atoms with Gasteiger partial charge in [-0.15, -0.1) is 15.0 Å². The van der Waals surface area contributed by atoms with Crippen molar-refractivity contribution < 1.29 is 3.79 Å². The van der Waals surface area contributed by atoms with Crippen molar-refractivity contribution in [2.45, 2.75) is 38.9 Å². The van der Waals surface area contributed by atoms with Crippen molar-refractivity contribution in [3.8, 4) is 11.4 Å². The summed E-state index contributed by atoms with van der Waals surface area (Å²) in [5.74, 6) is 5.32. The molecule has 0 aliphatic rings. The van der Waals surface area contributed by atoms with Gasteiger partial charge in [-0.2, -0.15) is 0 Å². The standard InChI is InChI=1S/C18H22N4O.2CH3.Al/c1-4-21(5-2)12-14-10-13(3)11-17(18(14)23)22-19-15-8-6-7-9-16(15)20-22;;;/h6-11,23H,4-5,12H2,1-3H3;2*1H3;/q;;;+1/p-1. The lowest BCUT2D eigenvalue weighted by Gasteiger charge is -2.23. The van der Waals surface area contributed by atoms with Gasteiger partial charge in [-0.1, -0.05) is 43.6 Å². The summed E-state index contributed by atoms with van der Waals surface area (Å²) in [4.78, 5) is 4.13. The summed E-state index contributed by atoms with van der Waals surface area (Å²) in [5.41, 5.74) is 5.14. The van der Waals surface area contributed by atoms with E-state index >= 15 is 0 Å². The Morgan fingerprint density at radius 2 is 1.65 bits per heavy atom. The summed E-state index contributed by atoms with van der Waals surface area (Å²) in [7, 11) is 0. The van der Waals surface area contributed by atoms with Gasteiger partial charge in [0.1, 0.15) is 22.5 Å². The van der Waals surface area contributed by atoms with Gasteiger partial charge in [0.2, 0.25) is 0 Å². The maximum atomic E-state index is 6.38. The van der Waals surface area contributed by atoms with Crippen molar-refractivity contribution in [2.75, 3.05) is 13.1 Å². The molecule has 3 aromatic rings. The molecule has 0 radical (unpaired) electrons. The van der Waals surface area contributed by atoms with E-state index in [-0.39, 0.29) is 0 Å². The van der Waals surface area contributed by atoms with Crippen molar-refractivity contribution >= 4 is 25.5 Å². The maximum absolute atomic E-state index is 6.38. The van der Waals surface area contributed by atoms with E-state index in [4.69, 9.17) is 3.79 Å². The first kappa shape index (κ1) is 18.9. The van der Waals surface area contributed by atoms with Crippen LogP contribution in [0.4, 0.5) is 0 Å². The van der Waals surface area contributed by atoms with Crippen LogP contribution < -0.4 is 3.79 Å².